The first kappa shape index (κ1) is 60.1. The highest BCUT2D eigenvalue weighted by Crippen LogP contribution is 2.44. The predicted octanol–water partition coefficient (Wildman–Crippen LogP) is 7.66. The Morgan fingerprint density at radius 3 is 1.48 bits per heavy atom. The molecule has 6 aliphatic rings. The van der Waals surface area contributed by atoms with Gasteiger partial charge in [-0.05, 0) is 167 Å². The number of urea groups is 1. The van der Waals surface area contributed by atoms with Crippen LogP contribution in [-0.4, -0.2) is 236 Å². The summed E-state index contributed by atoms with van der Waals surface area (Å²) in [6.45, 7) is -1.24. The van der Waals surface area contributed by atoms with E-state index < -0.39 is 206 Å². The van der Waals surface area contributed by atoms with E-state index in [1.165, 1.54) is 38.1 Å². The minimum atomic E-state index is -5.13. The van der Waals surface area contributed by atoms with E-state index >= 15 is 0 Å². The molecule has 8 atom stereocenters. The Balaban J connectivity index is 0.629. The lowest BCUT2D eigenvalue weighted by atomic mass is 10.0. The summed E-state index contributed by atoms with van der Waals surface area (Å²) in [6.07, 6.45) is -24.7. The average Bonchev–Trinajstić information content (AvgIpc) is 1.46. The minimum Gasteiger partial charge on any atom is -0.484 e. The molecule has 0 radical (unpaired) electrons. The molecule has 10 rings (SSSR count). The number of carbonyl (C=O) groups is 4. The molecule has 24 nitrogen and oxygen atoms in total. The van der Waals surface area contributed by atoms with E-state index in [-0.39, 0.29) is 158 Å². The third kappa shape index (κ3) is 20.6. The van der Waals surface area contributed by atoms with E-state index in [1.54, 1.807) is 24.9 Å². The van der Waals surface area contributed by atoms with Gasteiger partial charge in [-0.15, -0.1) is 0 Å². The second-order valence-corrected chi connectivity index (χ2v) is 29.8. The molecule has 2 aliphatic carbocycles. The lowest BCUT2D eigenvalue weighted by molar-refractivity contribution is -0.190. The van der Waals surface area contributed by atoms with Crippen LogP contribution in [0.15, 0.2) is 82.4 Å². The molecular weight excluding hydrogens is 1450 g/mol. The van der Waals surface area contributed by atoms with Gasteiger partial charge < -0.3 is 39.4 Å². The number of ether oxygens (including phenoxy) is 4. The molecule has 4 N–H and O–H groups in total. The molecule has 0 saturated carbocycles. The summed E-state index contributed by atoms with van der Waals surface area (Å²) < 4.78 is 304. The molecule has 566 valence electrons. The van der Waals surface area contributed by atoms with Crippen LogP contribution in [0.4, 0.5) is 31.1 Å². The number of piperazine rings is 2. The molecule has 34 heteroatoms. The molecule has 4 aromatic carbocycles. The average molecular weight is 1550 g/mol. The van der Waals surface area contributed by atoms with Crippen LogP contribution in [0.1, 0.15) is 133 Å². The van der Waals surface area contributed by atoms with Crippen LogP contribution < -0.4 is 29.6 Å². The van der Waals surface area contributed by atoms with Gasteiger partial charge in [0.1, 0.15) is 29.5 Å². The molecule has 0 unspecified atom stereocenters. The van der Waals surface area contributed by atoms with Crippen LogP contribution in [0.25, 0.3) is 0 Å². The number of nitriles is 2. The summed E-state index contributed by atoms with van der Waals surface area (Å²) >= 11 is 12.8. The Morgan fingerprint density at radius 1 is 0.596 bits per heavy atom. The van der Waals surface area contributed by atoms with Crippen molar-refractivity contribution in [3.8, 4) is 23.6 Å². The maximum absolute atomic E-state index is 14.0. The van der Waals surface area contributed by atoms with Crippen molar-refractivity contribution in [3.63, 3.8) is 0 Å². The maximum atomic E-state index is 14.0. The van der Waals surface area contributed by atoms with Gasteiger partial charge in [0.2, 0.25) is 20.0 Å². The Hall–Kier alpha value is -6.92. The zero-order valence-corrected chi connectivity index (χ0v) is 59.4. The summed E-state index contributed by atoms with van der Waals surface area (Å²) in [5, 5.41) is 24.1. The van der Waals surface area contributed by atoms with E-state index in [0.717, 1.165) is 0 Å². The van der Waals surface area contributed by atoms with E-state index in [0.29, 0.717) is 45.1 Å². The maximum Gasteiger partial charge on any atom is 0.471 e. The van der Waals surface area contributed by atoms with Gasteiger partial charge in [-0.25, -0.2) is 31.1 Å². The monoisotopic (exact) mass is 1550 g/mol. The molecule has 4 heterocycles. The first-order chi connectivity index (χ1) is 55.8. The first-order valence-electron chi connectivity index (χ1n) is 41.2. The number of alkyl halides is 6. The zero-order chi connectivity index (χ0) is 88.8. The fraction of sp³-hybridized carbons (Fsp3) is 0.571. The number of ketones is 1. The molecule has 4 fully saturated rings. The highest BCUT2D eigenvalue weighted by atomic mass is 35.5. The molecule has 0 spiro atoms. The molecule has 4 saturated heterocycles. The quantitative estimate of drug-likeness (QED) is 0.0278. The Bertz CT molecular complexity index is 4580. The van der Waals surface area contributed by atoms with Crippen LogP contribution in [-0.2, 0) is 56.7 Å². The third-order valence-electron chi connectivity index (χ3n) is 18.6. The van der Waals surface area contributed by atoms with Crippen molar-refractivity contribution >= 4 is 66.9 Å². The molecule has 104 heavy (non-hydrogen) atoms. The lowest BCUT2D eigenvalue weighted by Gasteiger charge is -2.43. The van der Waals surface area contributed by atoms with E-state index in [9.17, 15) is 72.9 Å². The van der Waals surface area contributed by atoms with E-state index in [1.807, 2.05) is 12.1 Å². The zero-order valence-electron chi connectivity index (χ0n) is 72.2. The van der Waals surface area contributed by atoms with Crippen molar-refractivity contribution in [1.82, 2.24) is 49.5 Å². The lowest BCUT2D eigenvalue weighted by Crippen LogP contribution is -2.59. The molecule has 4 aromatic rings. The van der Waals surface area contributed by atoms with Gasteiger partial charge in [-0.3, -0.25) is 34.0 Å². The van der Waals surface area contributed by atoms with Gasteiger partial charge in [0, 0.05) is 143 Å². The van der Waals surface area contributed by atoms with Crippen LogP contribution in [0.5, 0.6) is 11.5 Å². The number of hydrogen-bond donors (Lipinski definition) is 4. The summed E-state index contributed by atoms with van der Waals surface area (Å²) in [5.74, 6) is -6.26. The Labute approximate surface area is 634 Å². The van der Waals surface area contributed by atoms with Gasteiger partial charge in [-0.1, -0.05) is 29.6 Å². The third-order valence-corrected chi connectivity index (χ3v) is 21.8. The summed E-state index contributed by atoms with van der Waals surface area (Å²) in [7, 11) is -9.59. The molecule has 4 aliphatic heterocycles. The summed E-state index contributed by atoms with van der Waals surface area (Å²) in [5.41, 5.74) is 1.77. The molecular formula is C70H86Cl2F6N12O12S2. The molecule has 4 amide bonds. The number of nitrogens with one attached hydrogen (secondary N) is 4. The van der Waals surface area contributed by atoms with Crippen LogP contribution in [0.3, 0.4) is 0 Å². The largest absolute Gasteiger partial charge is 0.484 e. The van der Waals surface area contributed by atoms with Gasteiger partial charge in [0.15, 0.2) is 0 Å². The second-order valence-electron chi connectivity index (χ2n) is 25.7. The minimum absolute atomic E-state index is 0.0167. The highest BCUT2D eigenvalue weighted by Gasteiger charge is 2.50. The summed E-state index contributed by atoms with van der Waals surface area (Å²) in [4.78, 5) is 56.8. The normalized spacial score (nSPS) is 25.5. The van der Waals surface area contributed by atoms with Crippen molar-refractivity contribution in [2.75, 3.05) is 118 Å². The van der Waals surface area contributed by atoms with Gasteiger partial charge in [-0.2, -0.15) is 36.9 Å². The number of nitrogens with zero attached hydrogens (tertiary/aromatic N) is 8. The number of Topliss-reactive ketones (excluding diaryl/α,β-unsaturated/α-hetero) is 1. The number of likely N-dealkylation sites (tertiary alicyclic amines) is 2. The molecule has 0 aromatic heterocycles. The Morgan fingerprint density at radius 2 is 1.05 bits per heavy atom. The fourth-order valence-electron chi connectivity index (χ4n) is 13.6. The smallest absolute Gasteiger partial charge is 0.471 e. The van der Waals surface area contributed by atoms with Crippen molar-refractivity contribution in [1.29, 1.82) is 10.5 Å². The predicted molar refractivity (Wildman–Crippen MR) is 371 cm³/mol. The van der Waals surface area contributed by atoms with E-state index in [2.05, 4.69) is 14.8 Å². The molecule has 0 bridgehead atoms. The number of amides is 4. The SMILES string of the molecule is [2H]c1c([2H])c(S(=O)(=O)N[C@H]2CCN(CCOCCCC(=O)CC([2H])([2H])C([2H])([2H])C([2H])([2H])C([2H])([2H])NC(=O)NCCOCCN3CC[C@H](NS(=O)(=O)c4c([2H])c([2H])c(O[C@H]5c6cc(Cl)cc(C#N)c6C[C@@H]5N5CCN(C(=O)C(F)(F)F)[C@H](C)C5)c([2H])c4[2H])C3)C2)c([2H])c([2H])c1O[C@H]1c2cc(Cl)cc(C#N)c2C[C@@H]1N1CCN(C(=O)C(F)(F)F)[C@H](C)C1. The fourth-order valence-corrected chi connectivity index (χ4v) is 16.3. The number of benzene rings is 4. The van der Waals surface area contributed by atoms with Gasteiger partial charge >= 0.3 is 30.2 Å². The van der Waals surface area contributed by atoms with Crippen LogP contribution >= 0.6 is 23.2 Å². The van der Waals surface area contributed by atoms with Crippen LogP contribution in [0, 0.1) is 22.7 Å². The first-order valence-corrected chi connectivity index (χ1v) is 37.0. The van der Waals surface area contributed by atoms with Crippen molar-refractivity contribution in [3.05, 3.63) is 116 Å². The van der Waals surface area contributed by atoms with Gasteiger partial charge in [0.25, 0.3) is 0 Å². The topological polar surface area (TPSA) is 289 Å². The number of hydrogen-bond acceptors (Lipinski definition) is 18. The second kappa shape index (κ2) is 35.2. The Kier molecular flexibility index (Phi) is 20.4. The van der Waals surface area contributed by atoms with Crippen LogP contribution in [0.2, 0.25) is 10.0 Å². The highest BCUT2D eigenvalue weighted by molar-refractivity contribution is 7.89. The van der Waals surface area contributed by atoms with Crippen molar-refractivity contribution < 1.29 is 103 Å². The standard InChI is InChI=1S/C70H86Cl2F6N12O12S2/c1-45-41-87(23-25-89(45)66(92)69(73,74)75)62-37-58-47(39-79)33-49(71)35-60(58)64(62)101-54-9-13-56(14-10-54)103(95,96)83-51-17-21-85(43-51)27-31-99-29-6-8-53(91)7-4-3-5-19-81-68(94)82-20-30-100-32-28-86-22-18-52(44-86)84-104(97,98)57-15-11-55(12-16-57)102-65-61-36-50(72)34-48(40-80)59(61)38-63(65)88-24-26-90(46(2)42-88)67(93)70(76,77)78/h9-16,33-36,45-46,51-52,62-65,83-84H,3-8,17-32,37-38,41-44H2,1-2H3,(H2,81,82,94)/t45-,46-,51+,52+,62+,63+,64+,65+/m1/s1/i3D2,4D2,5D2,9D,10D,11D,12D,13D,14D,15D,16D,19D2. The van der Waals surface area contributed by atoms with Gasteiger partial charge in [0.05, 0.1) is 75.9 Å². The van der Waals surface area contributed by atoms with Crippen molar-refractivity contribution in [2.45, 2.75) is 149 Å². The number of halogens is 8. The number of rotatable bonds is 31. The number of sulfonamides is 2. The van der Waals surface area contributed by atoms with Crippen molar-refractivity contribution in [2.24, 2.45) is 0 Å². The summed E-state index contributed by atoms with van der Waals surface area (Å²) in [6, 6.07) is -4.16. The number of fused-ring (bicyclic) bond motifs is 2. The van der Waals surface area contributed by atoms with E-state index in [4.69, 9.17) is 64.1 Å². The number of carbonyl (C=O) groups excluding carboxylic acids is 4.